The number of allylic oxidation sites excluding steroid dienone is 4. The molecular weight excluding hydrogens is 451 g/mol. The third kappa shape index (κ3) is 6.79. The molecule has 3 aromatic rings. The van der Waals surface area contributed by atoms with Crippen LogP contribution in [0, 0.1) is 32.7 Å². The van der Waals surface area contributed by atoms with Gasteiger partial charge in [-0.05, 0) is 0 Å². The van der Waals surface area contributed by atoms with Crippen molar-refractivity contribution in [3.05, 3.63) is 104 Å². The van der Waals surface area contributed by atoms with Crippen LogP contribution < -0.4 is 0 Å². The van der Waals surface area contributed by atoms with Crippen molar-refractivity contribution in [1.29, 1.82) is 0 Å². The van der Waals surface area contributed by atoms with Gasteiger partial charge < -0.3 is 14.9 Å². The summed E-state index contributed by atoms with van der Waals surface area (Å²) in [6, 6.07) is 19.0. The molecule has 0 saturated heterocycles. The van der Waals surface area contributed by atoms with E-state index in [9.17, 15) is 4.39 Å². The van der Waals surface area contributed by atoms with Crippen molar-refractivity contribution in [2.75, 3.05) is 0 Å². The van der Waals surface area contributed by atoms with E-state index in [0.29, 0.717) is 5.92 Å². The van der Waals surface area contributed by atoms with Crippen molar-refractivity contribution in [3.63, 3.8) is 0 Å². The molecule has 0 spiro atoms. The topological polar surface area (TPSA) is 0 Å². The van der Waals surface area contributed by atoms with E-state index in [4.69, 9.17) is 0 Å². The van der Waals surface area contributed by atoms with Gasteiger partial charge in [-0.15, -0.1) is 41.5 Å². The van der Waals surface area contributed by atoms with Crippen molar-refractivity contribution < 1.29 is 27.7 Å². The molecule has 0 amide bonds. The molecule has 1 aliphatic rings. The van der Waals surface area contributed by atoms with E-state index in [1.54, 1.807) is 6.07 Å². The Balaban J connectivity index is 0.000000524. The Morgan fingerprint density at radius 2 is 1.62 bits per heavy atom. The maximum atomic E-state index is 13.2. The molecule has 1 unspecified atom stereocenters. The Bertz CT molecular complexity index is 967. The third-order valence-electron chi connectivity index (χ3n) is 5.06. The van der Waals surface area contributed by atoms with Crippen molar-refractivity contribution in [1.82, 2.24) is 0 Å². The Morgan fingerprint density at radius 1 is 1.00 bits per heavy atom. The first-order valence-electron chi connectivity index (χ1n) is 8.90. The van der Waals surface area contributed by atoms with Gasteiger partial charge in [0.25, 0.3) is 0 Å². The van der Waals surface area contributed by atoms with Crippen LogP contribution in [0.5, 0.6) is 0 Å². The van der Waals surface area contributed by atoms with Crippen molar-refractivity contribution in [2.45, 2.75) is 27.7 Å². The SMILES string of the molecule is CC1=[C-]C(C)C(C)=C1C.Fc1ccc2[cH-]cc(-c3ccccc3)c2c1.[CH3-].[CH3-].[Si]=[Zr]. The summed E-state index contributed by atoms with van der Waals surface area (Å²) in [5, 5.41) is 2.06. The number of halogens is 1. The summed E-state index contributed by atoms with van der Waals surface area (Å²) in [5.41, 5.74) is 6.47. The van der Waals surface area contributed by atoms with Gasteiger partial charge in [0.2, 0.25) is 0 Å². The zero-order valence-electron chi connectivity index (χ0n) is 18.2. The van der Waals surface area contributed by atoms with E-state index in [0.717, 1.165) is 21.9 Å². The van der Waals surface area contributed by atoms with Gasteiger partial charge in [-0.25, -0.2) is 9.96 Å². The standard InChI is InChI=1S/C15H10F.C9H13.2CH3.Si.Zr/c16-13-8-6-12-7-9-14(15(12)10-13)11-4-2-1-3-5-11;1-6-5-7(2)9(4)8(6)3;;;;/h1-10H;6H,1-4H3;2*1H3;;/q4*-1;;. The average Bonchev–Trinajstić information content (AvgIpc) is 3.21. The minimum atomic E-state index is -0.184. The fraction of sp³-hybridized carbons (Fsp3) is 0.192. The number of hydrogen-bond acceptors (Lipinski definition) is 0. The molecule has 4 rings (SSSR count). The molecule has 0 fully saturated rings. The molecule has 2 radical (unpaired) electrons. The van der Waals surface area contributed by atoms with Gasteiger partial charge in [-0.2, -0.15) is 11.1 Å². The second kappa shape index (κ2) is 13.0. The van der Waals surface area contributed by atoms with Gasteiger partial charge in [0.15, 0.2) is 0 Å². The zero-order valence-corrected chi connectivity index (χ0v) is 21.7. The Hall–Kier alpha value is -1.44. The molecule has 1 atom stereocenters. The van der Waals surface area contributed by atoms with Crippen LogP contribution in [0.3, 0.4) is 0 Å². The molecule has 0 aromatic heterocycles. The van der Waals surface area contributed by atoms with Crippen LogP contribution in [0.2, 0.25) is 0 Å². The molecule has 3 heteroatoms. The van der Waals surface area contributed by atoms with Crippen LogP contribution in [0.1, 0.15) is 27.7 Å². The predicted octanol–water partition coefficient (Wildman–Crippen LogP) is 7.60. The second-order valence-corrected chi connectivity index (χ2v) is 6.64. The maximum absolute atomic E-state index is 13.2. The van der Waals surface area contributed by atoms with Crippen molar-refractivity contribution >= 4 is 17.7 Å². The number of benzene rings is 2. The molecule has 0 bridgehead atoms. The molecule has 152 valence electrons. The van der Waals surface area contributed by atoms with E-state index in [2.05, 4.69) is 40.7 Å². The molecule has 29 heavy (non-hydrogen) atoms. The summed E-state index contributed by atoms with van der Waals surface area (Å²) in [6.45, 7) is 11.7. The monoisotopic (exact) mass is 478 g/mol. The van der Waals surface area contributed by atoms with Gasteiger partial charge in [0.1, 0.15) is 5.82 Å². The fourth-order valence-electron chi connectivity index (χ4n) is 3.20. The van der Waals surface area contributed by atoms with E-state index in [1.807, 2.05) is 48.5 Å². The normalized spacial score (nSPS) is 14.5. The summed E-state index contributed by atoms with van der Waals surface area (Å²) in [5.74, 6) is 0.376. The van der Waals surface area contributed by atoms with E-state index < -0.39 is 0 Å². The number of hydrogen-bond donors (Lipinski definition) is 0. The summed E-state index contributed by atoms with van der Waals surface area (Å²) in [4.78, 5) is 0. The van der Waals surface area contributed by atoms with Crippen molar-refractivity contribution in [3.8, 4) is 11.1 Å². The van der Waals surface area contributed by atoms with Gasteiger partial charge >= 0.3 is 30.2 Å². The first-order valence-corrected chi connectivity index (χ1v) is 13.1. The first-order chi connectivity index (χ1) is 13.0. The molecular formula is C26H29FSiZr-4. The molecule has 0 aliphatic heterocycles. The van der Waals surface area contributed by atoms with E-state index in [-0.39, 0.29) is 20.7 Å². The van der Waals surface area contributed by atoms with Gasteiger partial charge in [0.05, 0.1) is 0 Å². The van der Waals surface area contributed by atoms with Crippen LogP contribution in [-0.2, 0) is 23.3 Å². The van der Waals surface area contributed by atoms with Crippen LogP contribution in [-0.4, -0.2) is 6.88 Å². The van der Waals surface area contributed by atoms with Crippen molar-refractivity contribution in [2.24, 2.45) is 5.92 Å². The Labute approximate surface area is 193 Å². The van der Waals surface area contributed by atoms with E-state index >= 15 is 0 Å². The van der Waals surface area contributed by atoms with Crippen LogP contribution in [0.25, 0.3) is 21.9 Å². The molecule has 0 saturated carbocycles. The fourth-order valence-corrected chi connectivity index (χ4v) is 3.20. The predicted molar refractivity (Wildman–Crippen MR) is 123 cm³/mol. The second-order valence-electron chi connectivity index (χ2n) is 6.64. The van der Waals surface area contributed by atoms with Gasteiger partial charge in [-0.3, -0.25) is 6.08 Å². The Morgan fingerprint density at radius 3 is 2.10 bits per heavy atom. The number of rotatable bonds is 1. The molecule has 1 aliphatic carbocycles. The summed E-state index contributed by atoms with van der Waals surface area (Å²) in [6.07, 6.45) is 3.36. The quantitative estimate of drug-likeness (QED) is 0.249. The molecule has 3 aromatic carbocycles. The molecule has 0 N–H and O–H groups in total. The summed E-state index contributed by atoms with van der Waals surface area (Å²) >= 11 is 1.36. The third-order valence-corrected chi connectivity index (χ3v) is 5.06. The number of fused-ring (bicyclic) bond motifs is 1. The van der Waals surface area contributed by atoms with Crippen LogP contribution in [0.4, 0.5) is 4.39 Å². The van der Waals surface area contributed by atoms with Crippen LogP contribution >= 0.6 is 0 Å². The van der Waals surface area contributed by atoms with E-state index in [1.165, 1.54) is 46.1 Å². The Kier molecular flexibility index (Phi) is 12.3. The summed E-state index contributed by atoms with van der Waals surface area (Å²) in [7, 11) is 0. The van der Waals surface area contributed by atoms with Crippen LogP contribution in [0.15, 0.2) is 77.4 Å². The first kappa shape index (κ1) is 27.6. The van der Waals surface area contributed by atoms with Gasteiger partial charge in [0, 0.05) is 0 Å². The summed E-state index contributed by atoms with van der Waals surface area (Å²) < 4.78 is 13.2. The molecule has 0 heterocycles. The minimum absolute atomic E-state index is 0. The molecule has 0 nitrogen and oxygen atoms in total. The zero-order chi connectivity index (χ0) is 20.0. The van der Waals surface area contributed by atoms with Gasteiger partial charge in [-0.1, -0.05) is 74.7 Å². The average molecular weight is 480 g/mol.